The van der Waals surface area contributed by atoms with Crippen LogP contribution in [0.2, 0.25) is 0 Å². The lowest BCUT2D eigenvalue weighted by Gasteiger charge is -2.37. The topological polar surface area (TPSA) is 49.8 Å². The number of benzene rings is 3. The first-order chi connectivity index (χ1) is 14.7. The molecule has 1 atom stereocenters. The van der Waals surface area contributed by atoms with Gasteiger partial charge in [-0.3, -0.25) is 9.69 Å². The molecule has 1 aliphatic rings. The van der Waals surface area contributed by atoms with Crippen molar-refractivity contribution >= 4 is 5.97 Å². The molecular weight excluding hydrogens is 374 g/mol. The minimum Gasteiger partial charge on any atom is -0.496 e. The summed E-state index contributed by atoms with van der Waals surface area (Å²) < 4.78 is 5.67. The molecule has 1 fully saturated rings. The van der Waals surface area contributed by atoms with Crippen LogP contribution >= 0.6 is 0 Å². The number of piperidine rings is 1. The van der Waals surface area contributed by atoms with Crippen LogP contribution in [0.3, 0.4) is 0 Å². The molecule has 4 rings (SSSR count). The zero-order valence-electron chi connectivity index (χ0n) is 17.2. The van der Waals surface area contributed by atoms with E-state index in [1.807, 2.05) is 36.4 Å². The molecule has 154 valence electrons. The zero-order chi connectivity index (χ0) is 20.9. The van der Waals surface area contributed by atoms with Crippen molar-refractivity contribution in [2.24, 2.45) is 5.92 Å². The van der Waals surface area contributed by atoms with Crippen LogP contribution < -0.4 is 4.74 Å². The van der Waals surface area contributed by atoms with E-state index in [2.05, 4.69) is 47.4 Å². The van der Waals surface area contributed by atoms with Gasteiger partial charge in [0.05, 0.1) is 19.1 Å². The van der Waals surface area contributed by atoms with Crippen molar-refractivity contribution in [2.45, 2.75) is 18.9 Å². The summed E-state index contributed by atoms with van der Waals surface area (Å²) in [5, 5.41) is 9.38. The van der Waals surface area contributed by atoms with Crippen LogP contribution in [0.1, 0.15) is 30.0 Å². The van der Waals surface area contributed by atoms with Crippen molar-refractivity contribution in [1.29, 1.82) is 0 Å². The number of hydrogen-bond acceptors (Lipinski definition) is 3. The third-order valence-corrected chi connectivity index (χ3v) is 6.01. The molecule has 3 aromatic carbocycles. The first-order valence-electron chi connectivity index (χ1n) is 10.4. The Labute approximate surface area is 177 Å². The molecule has 4 heteroatoms. The van der Waals surface area contributed by atoms with Crippen LogP contribution in [0.4, 0.5) is 0 Å². The molecule has 0 bridgehead atoms. The van der Waals surface area contributed by atoms with Crippen LogP contribution in [0.5, 0.6) is 5.75 Å². The Balaban J connectivity index is 1.68. The Hall–Kier alpha value is -3.11. The average Bonchev–Trinajstić information content (AvgIpc) is 2.81. The third kappa shape index (κ3) is 4.24. The van der Waals surface area contributed by atoms with E-state index in [1.54, 1.807) is 7.11 Å². The highest BCUT2D eigenvalue weighted by atomic mass is 16.5. The van der Waals surface area contributed by atoms with Gasteiger partial charge in [-0.1, -0.05) is 72.8 Å². The van der Waals surface area contributed by atoms with Crippen LogP contribution in [0.25, 0.3) is 11.1 Å². The Morgan fingerprint density at radius 1 is 0.900 bits per heavy atom. The second kappa shape index (κ2) is 9.14. The van der Waals surface area contributed by atoms with E-state index in [9.17, 15) is 9.90 Å². The Bertz CT molecular complexity index is 977. The molecule has 30 heavy (non-hydrogen) atoms. The first kappa shape index (κ1) is 20.2. The molecule has 0 amide bonds. The van der Waals surface area contributed by atoms with Gasteiger partial charge in [-0.05, 0) is 48.7 Å². The number of hydrogen-bond donors (Lipinski definition) is 1. The number of para-hydroxylation sites is 1. The molecule has 1 unspecified atom stereocenters. The summed E-state index contributed by atoms with van der Waals surface area (Å²) in [6.45, 7) is 1.50. The molecule has 1 heterocycles. The predicted octanol–water partition coefficient (Wildman–Crippen LogP) is 5.25. The van der Waals surface area contributed by atoms with Gasteiger partial charge in [0.25, 0.3) is 0 Å². The summed E-state index contributed by atoms with van der Waals surface area (Å²) in [5.74, 6) is -0.0780. The second-order valence-corrected chi connectivity index (χ2v) is 7.78. The van der Waals surface area contributed by atoms with E-state index in [-0.39, 0.29) is 12.0 Å². The van der Waals surface area contributed by atoms with Gasteiger partial charge in [-0.25, -0.2) is 0 Å². The Morgan fingerprint density at radius 2 is 1.50 bits per heavy atom. The number of ether oxygens (including phenoxy) is 1. The number of nitrogens with zero attached hydrogens (tertiary/aromatic N) is 1. The van der Waals surface area contributed by atoms with Crippen LogP contribution in [-0.2, 0) is 4.79 Å². The second-order valence-electron chi connectivity index (χ2n) is 7.78. The lowest BCUT2D eigenvalue weighted by molar-refractivity contribution is -0.143. The lowest BCUT2D eigenvalue weighted by Crippen LogP contribution is -2.39. The maximum atomic E-state index is 11.4. The van der Waals surface area contributed by atoms with Gasteiger partial charge in [0.15, 0.2) is 0 Å². The first-order valence-corrected chi connectivity index (χ1v) is 10.4. The fourth-order valence-electron chi connectivity index (χ4n) is 4.37. The molecule has 3 aromatic rings. The number of aliphatic carboxylic acids is 1. The van der Waals surface area contributed by atoms with Crippen molar-refractivity contribution in [3.63, 3.8) is 0 Å². The fraction of sp³-hybridized carbons (Fsp3) is 0.269. The molecule has 0 radical (unpaired) electrons. The number of carboxylic acid groups (broad SMARTS) is 1. The summed E-state index contributed by atoms with van der Waals surface area (Å²) in [4.78, 5) is 13.8. The molecule has 1 saturated heterocycles. The highest BCUT2D eigenvalue weighted by molar-refractivity contribution is 5.70. The largest absolute Gasteiger partial charge is 0.496 e. The lowest BCUT2D eigenvalue weighted by atomic mass is 9.90. The fourth-order valence-corrected chi connectivity index (χ4v) is 4.37. The van der Waals surface area contributed by atoms with E-state index in [1.165, 1.54) is 16.7 Å². The highest BCUT2D eigenvalue weighted by Crippen LogP contribution is 2.37. The highest BCUT2D eigenvalue weighted by Gasteiger charge is 2.31. The minimum absolute atomic E-state index is 0.0284. The standard InChI is InChI=1S/C26H27NO3/c1-30-24-10-6-5-9-23(24)25(27-17-15-22(16-18-27)26(28)29)21-13-11-20(12-14-21)19-7-3-2-4-8-19/h2-14,22,25H,15-18H2,1H3,(H,28,29). The van der Waals surface area contributed by atoms with E-state index < -0.39 is 5.97 Å². The summed E-state index contributed by atoms with van der Waals surface area (Å²) >= 11 is 0. The summed E-state index contributed by atoms with van der Waals surface area (Å²) in [7, 11) is 1.70. The maximum absolute atomic E-state index is 11.4. The van der Waals surface area contributed by atoms with E-state index in [4.69, 9.17) is 4.74 Å². The molecule has 0 saturated carbocycles. The number of likely N-dealkylation sites (tertiary alicyclic amines) is 1. The zero-order valence-corrected chi connectivity index (χ0v) is 17.2. The molecule has 4 nitrogen and oxygen atoms in total. The molecular formula is C26H27NO3. The third-order valence-electron chi connectivity index (χ3n) is 6.01. The molecule has 0 aliphatic carbocycles. The SMILES string of the molecule is COc1ccccc1C(c1ccc(-c2ccccc2)cc1)N1CCC(C(=O)O)CC1. The number of methoxy groups -OCH3 is 1. The van der Waals surface area contributed by atoms with Crippen molar-refractivity contribution in [3.05, 3.63) is 90.0 Å². The van der Waals surface area contributed by atoms with Crippen molar-refractivity contribution in [1.82, 2.24) is 4.90 Å². The van der Waals surface area contributed by atoms with Gasteiger partial charge in [-0.2, -0.15) is 0 Å². The Kier molecular flexibility index (Phi) is 6.15. The normalized spacial score (nSPS) is 16.2. The average molecular weight is 402 g/mol. The molecule has 0 aromatic heterocycles. The van der Waals surface area contributed by atoms with E-state index in [0.29, 0.717) is 12.8 Å². The number of carbonyl (C=O) groups is 1. The quantitative estimate of drug-likeness (QED) is 0.613. The van der Waals surface area contributed by atoms with Crippen LogP contribution in [-0.4, -0.2) is 36.2 Å². The maximum Gasteiger partial charge on any atom is 0.306 e. The van der Waals surface area contributed by atoms with Crippen molar-refractivity contribution in [2.75, 3.05) is 20.2 Å². The van der Waals surface area contributed by atoms with E-state index >= 15 is 0 Å². The van der Waals surface area contributed by atoms with E-state index in [0.717, 1.165) is 24.4 Å². The van der Waals surface area contributed by atoms with Crippen LogP contribution in [0, 0.1) is 5.92 Å². The molecule has 1 aliphatic heterocycles. The number of rotatable bonds is 6. The monoisotopic (exact) mass is 401 g/mol. The molecule has 1 N–H and O–H groups in total. The van der Waals surface area contributed by atoms with Gasteiger partial charge in [-0.15, -0.1) is 0 Å². The van der Waals surface area contributed by atoms with Gasteiger partial charge < -0.3 is 9.84 Å². The number of carboxylic acids is 1. The predicted molar refractivity (Wildman–Crippen MR) is 119 cm³/mol. The summed E-state index contributed by atoms with van der Waals surface area (Å²) in [6, 6.07) is 27.2. The van der Waals surface area contributed by atoms with Gasteiger partial charge in [0, 0.05) is 5.56 Å². The van der Waals surface area contributed by atoms with Crippen molar-refractivity contribution < 1.29 is 14.6 Å². The minimum atomic E-state index is -0.685. The van der Waals surface area contributed by atoms with Gasteiger partial charge in [0.1, 0.15) is 5.75 Å². The summed E-state index contributed by atoms with van der Waals surface area (Å²) in [6.07, 6.45) is 1.34. The smallest absolute Gasteiger partial charge is 0.306 e. The van der Waals surface area contributed by atoms with Crippen molar-refractivity contribution in [3.8, 4) is 16.9 Å². The van der Waals surface area contributed by atoms with Crippen LogP contribution in [0.15, 0.2) is 78.9 Å². The summed E-state index contributed by atoms with van der Waals surface area (Å²) in [5.41, 5.74) is 4.68. The Morgan fingerprint density at radius 3 is 2.13 bits per heavy atom. The van der Waals surface area contributed by atoms with Gasteiger partial charge >= 0.3 is 5.97 Å². The van der Waals surface area contributed by atoms with Gasteiger partial charge in [0.2, 0.25) is 0 Å². The molecule has 0 spiro atoms.